The third-order valence-corrected chi connectivity index (χ3v) is 5.72. The Morgan fingerprint density at radius 2 is 1.61 bits per heavy atom. The van der Waals surface area contributed by atoms with Crippen LogP contribution in [0, 0.1) is 0 Å². The Hall–Kier alpha value is -3.81. The molecule has 1 saturated heterocycles. The second-order valence-corrected chi connectivity index (χ2v) is 7.62. The van der Waals surface area contributed by atoms with Gasteiger partial charge in [0.25, 0.3) is 5.91 Å². The first kappa shape index (κ1) is 22.4. The van der Waals surface area contributed by atoms with Crippen molar-refractivity contribution in [3.8, 4) is 22.8 Å². The summed E-state index contributed by atoms with van der Waals surface area (Å²) in [6, 6.07) is 15.0. The van der Waals surface area contributed by atoms with E-state index in [0.717, 1.165) is 16.5 Å². The van der Waals surface area contributed by atoms with Crippen molar-refractivity contribution >= 4 is 22.9 Å². The summed E-state index contributed by atoms with van der Waals surface area (Å²) in [6.07, 6.45) is -0.338. The first-order valence-electron chi connectivity index (χ1n) is 10.9. The molecule has 1 aromatic heterocycles. The van der Waals surface area contributed by atoms with Gasteiger partial charge in [-0.15, -0.1) is 0 Å². The number of para-hydroxylation sites is 1. The summed E-state index contributed by atoms with van der Waals surface area (Å²) in [5.74, 6) is 1.13. The van der Waals surface area contributed by atoms with Crippen LogP contribution in [0.3, 0.4) is 0 Å². The fraction of sp³-hybridized carbons (Fsp3) is 0.320. The highest BCUT2D eigenvalue weighted by Gasteiger charge is 2.27. The lowest BCUT2D eigenvalue weighted by atomic mass is 10.0. The Kier molecular flexibility index (Phi) is 6.63. The highest BCUT2D eigenvalue weighted by atomic mass is 16.6. The molecule has 0 bridgehead atoms. The average molecular weight is 450 g/mol. The molecule has 4 rings (SSSR count). The number of amides is 2. The lowest BCUT2D eigenvalue weighted by Crippen LogP contribution is -2.50. The molecule has 172 valence electrons. The van der Waals surface area contributed by atoms with E-state index in [-0.39, 0.29) is 12.0 Å². The molecule has 0 unspecified atom stereocenters. The summed E-state index contributed by atoms with van der Waals surface area (Å²) < 4.78 is 15.8. The smallest absolute Gasteiger partial charge is 0.409 e. The number of aromatic nitrogens is 1. The van der Waals surface area contributed by atoms with Gasteiger partial charge in [0.05, 0.1) is 37.6 Å². The number of rotatable bonds is 5. The van der Waals surface area contributed by atoms with Gasteiger partial charge in [0.1, 0.15) is 0 Å². The second kappa shape index (κ2) is 9.77. The summed E-state index contributed by atoms with van der Waals surface area (Å²) in [6.45, 7) is 3.88. The third-order valence-electron chi connectivity index (χ3n) is 5.72. The van der Waals surface area contributed by atoms with Gasteiger partial charge in [-0.25, -0.2) is 9.78 Å². The van der Waals surface area contributed by atoms with E-state index in [0.29, 0.717) is 55.5 Å². The standard InChI is InChI=1S/C25H27N3O5/c1-4-33-25(30)28-13-11-27(12-14-28)24(29)19-16-21(26-20-8-6-5-7-18(19)20)17-9-10-22(31-2)23(15-17)32-3/h5-10,15-16H,4,11-14H2,1-3H3. The lowest BCUT2D eigenvalue weighted by Gasteiger charge is -2.34. The minimum Gasteiger partial charge on any atom is -0.493 e. The molecule has 1 fully saturated rings. The Morgan fingerprint density at radius 1 is 0.909 bits per heavy atom. The Morgan fingerprint density at radius 3 is 2.30 bits per heavy atom. The van der Waals surface area contributed by atoms with Crippen molar-refractivity contribution in [2.24, 2.45) is 0 Å². The van der Waals surface area contributed by atoms with Crippen molar-refractivity contribution in [2.75, 3.05) is 47.0 Å². The van der Waals surface area contributed by atoms with Crippen LogP contribution in [0.25, 0.3) is 22.2 Å². The maximum Gasteiger partial charge on any atom is 0.409 e. The average Bonchev–Trinajstić information content (AvgIpc) is 2.87. The molecule has 8 heteroatoms. The number of pyridine rings is 1. The zero-order valence-corrected chi connectivity index (χ0v) is 19.0. The van der Waals surface area contributed by atoms with Crippen LogP contribution in [0.15, 0.2) is 48.5 Å². The topological polar surface area (TPSA) is 81.2 Å². The van der Waals surface area contributed by atoms with Gasteiger partial charge >= 0.3 is 6.09 Å². The Balaban J connectivity index is 1.67. The molecule has 2 amide bonds. The van der Waals surface area contributed by atoms with Crippen molar-refractivity contribution in [1.82, 2.24) is 14.8 Å². The maximum absolute atomic E-state index is 13.5. The second-order valence-electron chi connectivity index (χ2n) is 7.62. The molecular weight excluding hydrogens is 422 g/mol. The number of hydrogen-bond acceptors (Lipinski definition) is 6. The van der Waals surface area contributed by atoms with Crippen molar-refractivity contribution in [2.45, 2.75) is 6.92 Å². The van der Waals surface area contributed by atoms with Crippen LogP contribution < -0.4 is 9.47 Å². The van der Waals surface area contributed by atoms with E-state index in [1.807, 2.05) is 48.5 Å². The molecule has 2 heterocycles. The minimum absolute atomic E-state index is 0.0844. The van der Waals surface area contributed by atoms with Crippen LogP contribution in [-0.4, -0.2) is 73.8 Å². The molecule has 0 N–H and O–H groups in total. The van der Waals surface area contributed by atoms with Gasteiger partial charge in [0, 0.05) is 37.1 Å². The van der Waals surface area contributed by atoms with E-state index in [9.17, 15) is 9.59 Å². The number of methoxy groups -OCH3 is 2. The van der Waals surface area contributed by atoms with E-state index in [1.165, 1.54) is 0 Å². The summed E-state index contributed by atoms with van der Waals surface area (Å²) in [5.41, 5.74) is 2.80. The molecule has 2 aromatic carbocycles. The summed E-state index contributed by atoms with van der Waals surface area (Å²) >= 11 is 0. The van der Waals surface area contributed by atoms with E-state index in [2.05, 4.69) is 0 Å². The van der Waals surface area contributed by atoms with Gasteiger partial charge in [-0.3, -0.25) is 4.79 Å². The monoisotopic (exact) mass is 449 g/mol. The van der Waals surface area contributed by atoms with Gasteiger partial charge in [-0.1, -0.05) is 18.2 Å². The van der Waals surface area contributed by atoms with Crippen molar-refractivity contribution in [3.05, 3.63) is 54.1 Å². The molecule has 0 radical (unpaired) electrons. The van der Waals surface area contributed by atoms with Crippen LogP contribution in [0.4, 0.5) is 4.79 Å². The summed E-state index contributed by atoms with van der Waals surface area (Å²) in [4.78, 5) is 33.7. The van der Waals surface area contributed by atoms with Gasteiger partial charge in [-0.05, 0) is 37.3 Å². The van der Waals surface area contributed by atoms with Crippen LogP contribution in [0.2, 0.25) is 0 Å². The number of hydrogen-bond donors (Lipinski definition) is 0. The highest BCUT2D eigenvalue weighted by Crippen LogP contribution is 2.33. The van der Waals surface area contributed by atoms with E-state index < -0.39 is 0 Å². The number of carbonyl (C=O) groups is 2. The first-order chi connectivity index (χ1) is 16.0. The molecule has 1 aliphatic rings. The number of piperazine rings is 1. The zero-order valence-electron chi connectivity index (χ0n) is 19.0. The third kappa shape index (κ3) is 4.55. The maximum atomic E-state index is 13.5. The predicted molar refractivity (Wildman–Crippen MR) is 125 cm³/mol. The molecular formula is C25H27N3O5. The summed E-state index contributed by atoms with van der Waals surface area (Å²) in [7, 11) is 3.17. The Labute approximate surface area is 192 Å². The molecule has 8 nitrogen and oxygen atoms in total. The van der Waals surface area contributed by atoms with Crippen molar-refractivity contribution in [1.29, 1.82) is 0 Å². The van der Waals surface area contributed by atoms with Gasteiger partial charge in [0.15, 0.2) is 11.5 Å². The number of carbonyl (C=O) groups excluding carboxylic acids is 2. The summed E-state index contributed by atoms with van der Waals surface area (Å²) in [5, 5.41) is 0.791. The van der Waals surface area contributed by atoms with Crippen molar-refractivity contribution < 1.29 is 23.8 Å². The van der Waals surface area contributed by atoms with E-state index in [4.69, 9.17) is 19.2 Å². The Bertz CT molecular complexity index is 1170. The molecule has 0 saturated carbocycles. The zero-order chi connectivity index (χ0) is 23.4. The van der Waals surface area contributed by atoms with Crippen molar-refractivity contribution in [3.63, 3.8) is 0 Å². The SMILES string of the molecule is CCOC(=O)N1CCN(C(=O)c2cc(-c3ccc(OC)c(OC)c3)nc3ccccc23)CC1. The number of benzene rings is 2. The quantitative estimate of drug-likeness (QED) is 0.589. The van der Waals surface area contributed by atoms with Crippen LogP contribution in [-0.2, 0) is 4.74 Å². The fourth-order valence-electron chi connectivity index (χ4n) is 3.97. The lowest BCUT2D eigenvalue weighted by molar-refractivity contribution is 0.0572. The fourth-order valence-corrected chi connectivity index (χ4v) is 3.97. The predicted octanol–water partition coefficient (Wildman–Crippen LogP) is 3.83. The van der Waals surface area contributed by atoms with Gasteiger partial charge in [0.2, 0.25) is 0 Å². The van der Waals surface area contributed by atoms with Crippen LogP contribution in [0.5, 0.6) is 11.5 Å². The molecule has 0 atom stereocenters. The number of ether oxygens (including phenoxy) is 3. The largest absolute Gasteiger partial charge is 0.493 e. The van der Waals surface area contributed by atoms with Crippen LogP contribution in [0.1, 0.15) is 17.3 Å². The first-order valence-corrected chi connectivity index (χ1v) is 10.9. The minimum atomic E-state index is -0.338. The number of fused-ring (bicyclic) bond motifs is 1. The molecule has 0 spiro atoms. The van der Waals surface area contributed by atoms with Gasteiger partial charge < -0.3 is 24.0 Å². The number of nitrogens with zero attached hydrogens (tertiary/aromatic N) is 3. The van der Waals surface area contributed by atoms with Gasteiger partial charge in [-0.2, -0.15) is 0 Å². The molecule has 3 aromatic rings. The molecule has 33 heavy (non-hydrogen) atoms. The molecule has 0 aliphatic carbocycles. The normalized spacial score (nSPS) is 13.7. The molecule has 1 aliphatic heterocycles. The van der Waals surface area contributed by atoms with E-state index >= 15 is 0 Å². The van der Waals surface area contributed by atoms with E-state index in [1.54, 1.807) is 30.9 Å². The van der Waals surface area contributed by atoms with Crippen LogP contribution >= 0.6 is 0 Å². The highest BCUT2D eigenvalue weighted by molar-refractivity contribution is 6.07.